The highest BCUT2D eigenvalue weighted by atomic mass is 32.2. The topological polar surface area (TPSA) is 164 Å². The summed E-state index contributed by atoms with van der Waals surface area (Å²) in [4.78, 5) is 51.0. The second-order valence-electron chi connectivity index (χ2n) is 11.2. The molecule has 0 unspecified atom stereocenters. The maximum absolute atomic E-state index is 13.7. The lowest BCUT2D eigenvalue weighted by atomic mass is 9.97. The lowest BCUT2D eigenvalue weighted by Crippen LogP contribution is -2.51. The minimum Gasteiger partial charge on any atom is -0.455 e. The minimum absolute atomic E-state index is 0.0905. The zero-order valence-electron chi connectivity index (χ0n) is 25.7. The van der Waals surface area contributed by atoms with E-state index in [2.05, 4.69) is 30.9 Å². The molecule has 0 aliphatic carbocycles. The molecular formula is C31H39N9O4S. The van der Waals surface area contributed by atoms with Gasteiger partial charge in [0, 0.05) is 19.5 Å². The summed E-state index contributed by atoms with van der Waals surface area (Å²) < 4.78 is 7.68. The van der Waals surface area contributed by atoms with Crippen molar-refractivity contribution < 1.29 is 18.8 Å². The zero-order valence-corrected chi connectivity index (χ0v) is 26.5. The summed E-state index contributed by atoms with van der Waals surface area (Å²) >= 11 is 1.42. The van der Waals surface area contributed by atoms with Crippen LogP contribution in [0.5, 0.6) is 0 Å². The normalized spacial score (nSPS) is 18.9. The Bertz CT molecular complexity index is 1570. The Labute approximate surface area is 266 Å². The van der Waals surface area contributed by atoms with E-state index in [1.54, 1.807) is 21.7 Å². The van der Waals surface area contributed by atoms with Crippen LogP contribution in [0.1, 0.15) is 72.7 Å². The van der Waals surface area contributed by atoms with Crippen LogP contribution >= 0.6 is 11.8 Å². The van der Waals surface area contributed by atoms with E-state index in [1.165, 1.54) is 18.1 Å². The second-order valence-corrected chi connectivity index (χ2v) is 12.1. The number of hydrogen-bond donors (Lipinski definition) is 3. The zero-order chi connectivity index (χ0) is 31.8. The number of carbonyl (C=O) groups is 3. The van der Waals surface area contributed by atoms with Gasteiger partial charge in [-0.2, -0.15) is 10.2 Å². The number of H-pyrrole nitrogens is 1. The van der Waals surface area contributed by atoms with Gasteiger partial charge in [0.25, 0.3) is 5.91 Å². The third-order valence-corrected chi connectivity index (χ3v) is 8.75. The molecule has 0 saturated carbocycles. The molecule has 0 bridgehead atoms. The lowest BCUT2D eigenvalue weighted by molar-refractivity contribution is -0.130. The SMILES string of the molecule is CC[C@H](C)[C@@H]1NC(=O)CCCN(C(=O)c2ccc(CSc3ncn[nH]3)o2)CCn2nc(C)nc2[C@H](Cc2ccccc2)NC1=O. The molecule has 4 heterocycles. The highest BCUT2D eigenvalue weighted by Gasteiger charge is 2.31. The van der Waals surface area contributed by atoms with Crippen LogP contribution in [0.2, 0.25) is 0 Å². The van der Waals surface area contributed by atoms with Crippen LogP contribution in [0.3, 0.4) is 0 Å². The fraction of sp³-hybridized carbons (Fsp3) is 0.452. The average molecular weight is 634 g/mol. The van der Waals surface area contributed by atoms with Crippen LogP contribution in [0, 0.1) is 12.8 Å². The molecule has 3 N–H and O–H groups in total. The van der Waals surface area contributed by atoms with Crippen LogP contribution in [0.15, 0.2) is 58.4 Å². The number of furan rings is 1. The van der Waals surface area contributed by atoms with Crippen molar-refractivity contribution in [3.05, 3.63) is 77.5 Å². The first-order chi connectivity index (χ1) is 21.8. The van der Waals surface area contributed by atoms with Crippen LogP contribution in [0.25, 0.3) is 0 Å². The Morgan fingerprint density at radius 1 is 1.11 bits per heavy atom. The van der Waals surface area contributed by atoms with E-state index in [1.807, 2.05) is 51.1 Å². The van der Waals surface area contributed by atoms with Gasteiger partial charge in [-0.25, -0.2) is 14.6 Å². The van der Waals surface area contributed by atoms with E-state index in [0.717, 1.165) is 5.56 Å². The number of nitrogens with zero attached hydrogens (tertiary/aromatic N) is 6. The third kappa shape index (κ3) is 8.38. The van der Waals surface area contributed by atoms with Crippen LogP contribution in [0.4, 0.5) is 0 Å². The number of fused-ring (bicyclic) bond motifs is 1. The van der Waals surface area contributed by atoms with Crippen molar-refractivity contribution in [1.82, 2.24) is 45.5 Å². The molecule has 3 atom stereocenters. The van der Waals surface area contributed by atoms with Crippen LogP contribution in [-0.4, -0.2) is 71.7 Å². The molecule has 0 radical (unpaired) electrons. The summed E-state index contributed by atoms with van der Waals surface area (Å²) in [5.41, 5.74) is 1.02. The predicted octanol–water partition coefficient (Wildman–Crippen LogP) is 3.46. The molecule has 238 valence electrons. The van der Waals surface area contributed by atoms with Gasteiger partial charge in [0.2, 0.25) is 11.8 Å². The van der Waals surface area contributed by atoms with Gasteiger partial charge in [-0.05, 0) is 43.4 Å². The first kappa shape index (κ1) is 31.9. The smallest absolute Gasteiger partial charge is 0.289 e. The Morgan fingerprint density at radius 3 is 2.69 bits per heavy atom. The van der Waals surface area contributed by atoms with Gasteiger partial charge < -0.3 is 20.0 Å². The molecule has 3 aromatic heterocycles. The third-order valence-electron chi connectivity index (χ3n) is 7.85. The molecule has 3 amide bonds. The summed E-state index contributed by atoms with van der Waals surface area (Å²) in [5.74, 6) is 1.63. The summed E-state index contributed by atoms with van der Waals surface area (Å²) in [5, 5.41) is 18.1. The number of rotatable bonds is 8. The molecule has 1 aliphatic heterocycles. The van der Waals surface area contributed by atoms with Crippen LogP contribution in [-0.2, 0) is 28.3 Å². The molecular weight excluding hydrogens is 594 g/mol. The van der Waals surface area contributed by atoms with Gasteiger partial charge in [-0.1, -0.05) is 62.4 Å². The van der Waals surface area contributed by atoms with Gasteiger partial charge >= 0.3 is 0 Å². The van der Waals surface area contributed by atoms with Crippen LogP contribution < -0.4 is 10.6 Å². The Balaban J connectivity index is 1.41. The van der Waals surface area contributed by atoms with Crippen molar-refractivity contribution in [2.75, 3.05) is 13.1 Å². The molecule has 13 nitrogen and oxygen atoms in total. The highest BCUT2D eigenvalue weighted by molar-refractivity contribution is 7.98. The van der Waals surface area contributed by atoms with E-state index in [-0.39, 0.29) is 35.8 Å². The second kappa shape index (κ2) is 15.0. The maximum atomic E-state index is 13.7. The van der Waals surface area contributed by atoms with Gasteiger partial charge in [-0.3, -0.25) is 19.5 Å². The van der Waals surface area contributed by atoms with Crippen molar-refractivity contribution in [1.29, 1.82) is 0 Å². The first-order valence-electron chi connectivity index (χ1n) is 15.2. The van der Waals surface area contributed by atoms with E-state index in [9.17, 15) is 14.4 Å². The van der Waals surface area contributed by atoms with E-state index in [4.69, 9.17) is 9.40 Å². The number of aromatic nitrogens is 6. The fourth-order valence-corrected chi connectivity index (χ4v) is 5.92. The predicted molar refractivity (Wildman–Crippen MR) is 167 cm³/mol. The van der Waals surface area contributed by atoms with Gasteiger partial charge in [0.05, 0.1) is 18.3 Å². The quantitative estimate of drug-likeness (QED) is 0.247. The monoisotopic (exact) mass is 633 g/mol. The van der Waals surface area contributed by atoms with Crippen molar-refractivity contribution >= 4 is 29.5 Å². The molecule has 0 fully saturated rings. The molecule has 5 rings (SSSR count). The number of aryl methyl sites for hydroxylation is 1. The number of aromatic amines is 1. The molecule has 0 spiro atoms. The number of hydrogen-bond acceptors (Lipinski definition) is 9. The number of amides is 3. The first-order valence-corrected chi connectivity index (χ1v) is 16.2. The van der Waals surface area contributed by atoms with Crippen molar-refractivity contribution in [2.24, 2.45) is 5.92 Å². The number of benzene rings is 1. The average Bonchev–Trinajstić information content (AvgIpc) is 3.81. The standard InChI is InChI=1S/C31H39N9O4S/c1-4-20(2)27-29(42)35-24(17-22-9-6-5-7-10-22)28-34-21(3)38-40(28)16-15-39(14-8-11-26(41)36-27)30(43)25-13-12-23(44-25)18-45-31-32-19-33-37-31/h5-7,9-10,12-13,19-20,24,27H,4,8,11,14-18H2,1-3H3,(H,35,42)(H,36,41)(H,32,33,37)/t20-,24-,27-/m0/s1. The summed E-state index contributed by atoms with van der Waals surface area (Å²) in [6.45, 7) is 6.73. The van der Waals surface area contributed by atoms with Crippen molar-refractivity contribution in [2.45, 2.75) is 76.0 Å². The molecule has 4 aromatic rings. The largest absolute Gasteiger partial charge is 0.455 e. The van der Waals surface area contributed by atoms with E-state index >= 15 is 0 Å². The van der Waals surface area contributed by atoms with Crippen molar-refractivity contribution in [3.63, 3.8) is 0 Å². The molecule has 14 heteroatoms. The van der Waals surface area contributed by atoms with Gasteiger partial charge in [0.1, 0.15) is 29.8 Å². The number of carbonyl (C=O) groups excluding carboxylic acids is 3. The number of nitrogens with one attached hydrogen (secondary N) is 3. The minimum atomic E-state index is -0.713. The van der Waals surface area contributed by atoms with Gasteiger partial charge in [0.15, 0.2) is 10.9 Å². The fourth-order valence-electron chi connectivity index (χ4n) is 5.25. The van der Waals surface area contributed by atoms with E-state index < -0.39 is 12.1 Å². The molecule has 45 heavy (non-hydrogen) atoms. The molecule has 0 saturated heterocycles. The van der Waals surface area contributed by atoms with E-state index in [0.29, 0.717) is 67.2 Å². The van der Waals surface area contributed by atoms with Gasteiger partial charge in [-0.15, -0.1) is 0 Å². The molecule has 1 aromatic carbocycles. The summed E-state index contributed by atoms with van der Waals surface area (Å²) in [6, 6.07) is 12.1. The summed E-state index contributed by atoms with van der Waals surface area (Å²) in [7, 11) is 0. The number of thioether (sulfide) groups is 1. The lowest BCUT2D eigenvalue weighted by Gasteiger charge is -2.28. The Hall–Kier alpha value is -4.46. The maximum Gasteiger partial charge on any atom is 0.289 e. The Morgan fingerprint density at radius 2 is 1.93 bits per heavy atom. The highest BCUT2D eigenvalue weighted by Crippen LogP contribution is 2.22. The summed E-state index contributed by atoms with van der Waals surface area (Å²) in [6.07, 6.45) is 3.21. The molecule has 1 aliphatic rings. The Kier molecular flexibility index (Phi) is 10.7. The van der Waals surface area contributed by atoms with Crippen molar-refractivity contribution in [3.8, 4) is 0 Å².